The molecule has 0 bridgehead atoms. The second-order valence-electron chi connectivity index (χ2n) is 6.67. The Morgan fingerprint density at radius 1 is 1.00 bits per heavy atom. The normalized spacial score (nSPS) is 12.0. The molecular formula is C21H26N2O6. The van der Waals surface area contributed by atoms with Crippen LogP contribution in [0.15, 0.2) is 30.3 Å². The highest BCUT2D eigenvalue weighted by atomic mass is 16.7. The molecule has 156 valence electrons. The Bertz CT molecular complexity index is 845. The zero-order valence-electron chi connectivity index (χ0n) is 17.1. The van der Waals surface area contributed by atoms with E-state index >= 15 is 0 Å². The third-order valence-corrected chi connectivity index (χ3v) is 4.52. The molecule has 0 fully saturated rings. The van der Waals surface area contributed by atoms with Gasteiger partial charge in [-0.3, -0.25) is 9.69 Å². The van der Waals surface area contributed by atoms with Crippen molar-refractivity contribution < 1.29 is 28.5 Å². The largest absolute Gasteiger partial charge is 0.493 e. The van der Waals surface area contributed by atoms with E-state index in [1.807, 2.05) is 42.3 Å². The Labute approximate surface area is 170 Å². The summed E-state index contributed by atoms with van der Waals surface area (Å²) in [5.74, 6) is 3.03. The van der Waals surface area contributed by atoms with Crippen LogP contribution in [-0.4, -0.2) is 52.5 Å². The van der Waals surface area contributed by atoms with Gasteiger partial charge in [0.15, 0.2) is 23.0 Å². The summed E-state index contributed by atoms with van der Waals surface area (Å²) < 4.78 is 26.7. The summed E-state index contributed by atoms with van der Waals surface area (Å²) >= 11 is 0. The second kappa shape index (κ2) is 9.38. The van der Waals surface area contributed by atoms with Gasteiger partial charge < -0.3 is 29.0 Å². The van der Waals surface area contributed by atoms with E-state index < -0.39 is 0 Å². The molecule has 3 rings (SSSR count). The molecule has 8 heteroatoms. The summed E-state index contributed by atoms with van der Waals surface area (Å²) in [6.45, 7) is 1.48. The van der Waals surface area contributed by atoms with E-state index in [1.165, 1.54) is 0 Å². The zero-order chi connectivity index (χ0) is 20.8. The zero-order valence-corrected chi connectivity index (χ0v) is 17.1. The molecule has 0 spiro atoms. The molecule has 0 atom stereocenters. The van der Waals surface area contributed by atoms with Gasteiger partial charge in [0, 0.05) is 13.1 Å². The molecule has 1 amide bonds. The van der Waals surface area contributed by atoms with Crippen molar-refractivity contribution in [1.29, 1.82) is 0 Å². The van der Waals surface area contributed by atoms with E-state index in [0.717, 1.165) is 22.6 Å². The first-order chi connectivity index (χ1) is 14.0. The van der Waals surface area contributed by atoms with Gasteiger partial charge in [-0.25, -0.2) is 0 Å². The van der Waals surface area contributed by atoms with E-state index in [2.05, 4.69) is 5.32 Å². The van der Waals surface area contributed by atoms with Gasteiger partial charge in [0.05, 0.1) is 27.9 Å². The van der Waals surface area contributed by atoms with Crippen molar-refractivity contribution in [3.63, 3.8) is 0 Å². The van der Waals surface area contributed by atoms with Crippen molar-refractivity contribution >= 4 is 5.91 Å². The predicted molar refractivity (Wildman–Crippen MR) is 107 cm³/mol. The Kier molecular flexibility index (Phi) is 6.66. The van der Waals surface area contributed by atoms with Crippen LogP contribution in [0, 0.1) is 0 Å². The number of nitrogens with one attached hydrogen (secondary N) is 1. The number of hydrogen-bond donors (Lipinski definition) is 1. The molecule has 2 aromatic carbocycles. The summed E-state index contributed by atoms with van der Waals surface area (Å²) in [5, 5.41) is 2.92. The van der Waals surface area contributed by atoms with Gasteiger partial charge in [0.1, 0.15) is 0 Å². The van der Waals surface area contributed by atoms with Crippen LogP contribution in [0.4, 0.5) is 0 Å². The van der Waals surface area contributed by atoms with Crippen LogP contribution in [0.3, 0.4) is 0 Å². The van der Waals surface area contributed by atoms with E-state index in [1.54, 1.807) is 21.3 Å². The Morgan fingerprint density at radius 3 is 2.34 bits per heavy atom. The maximum Gasteiger partial charge on any atom is 0.234 e. The summed E-state index contributed by atoms with van der Waals surface area (Å²) in [6, 6.07) is 9.43. The first-order valence-corrected chi connectivity index (χ1v) is 9.16. The molecule has 1 N–H and O–H groups in total. The second-order valence-corrected chi connectivity index (χ2v) is 6.67. The number of fused-ring (bicyclic) bond motifs is 1. The minimum Gasteiger partial charge on any atom is -0.493 e. The molecule has 8 nitrogen and oxygen atoms in total. The van der Waals surface area contributed by atoms with Gasteiger partial charge in [-0.1, -0.05) is 6.07 Å². The SMILES string of the molecule is COc1cc(CNC(=O)CN(C)Cc2ccc3c(c2)OCO3)cc(OC)c1OC. The average Bonchev–Trinajstić information content (AvgIpc) is 3.19. The number of hydrogen-bond acceptors (Lipinski definition) is 7. The highest BCUT2D eigenvalue weighted by Crippen LogP contribution is 2.38. The molecule has 29 heavy (non-hydrogen) atoms. The van der Waals surface area contributed by atoms with Crippen molar-refractivity contribution in [3.05, 3.63) is 41.5 Å². The lowest BCUT2D eigenvalue weighted by Crippen LogP contribution is -2.34. The predicted octanol–water partition coefficient (Wildman–Crippen LogP) is 2.19. The molecule has 0 unspecified atom stereocenters. The van der Waals surface area contributed by atoms with E-state index in [4.69, 9.17) is 23.7 Å². The van der Waals surface area contributed by atoms with E-state index in [0.29, 0.717) is 30.3 Å². The molecular weight excluding hydrogens is 376 g/mol. The molecule has 0 saturated carbocycles. The monoisotopic (exact) mass is 402 g/mol. The van der Waals surface area contributed by atoms with Crippen LogP contribution < -0.4 is 29.0 Å². The van der Waals surface area contributed by atoms with Crippen LogP contribution >= 0.6 is 0 Å². The number of methoxy groups -OCH3 is 3. The lowest BCUT2D eigenvalue weighted by Gasteiger charge is -2.17. The highest BCUT2D eigenvalue weighted by molar-refractivity contribution is 5.78. The number of rotatable bonds is 9. The molecule has 2 aromatic rings. The number of nitrogens with zero attached hydrogens (tertiary/aromatic N) is 1. The maximum absolute atomic E-state index is 12.4. The smallest absolute Gasteiger partial charge is 0.234 e. The van der Waals surface area contributed by atoms with E-state index in [9.17, 15) is 4.79 Å². The third-order valence-electron chi connectivity index (χ3n) is 4.52. The fourth-order valence-electron chi connectivity index (χ4n) is 3.15. The van der Waals surface area contributed by atoms with Crippen LogP contribution in [0.1, 0.15) is 11.1 Å². The first kappa shape index (κ1) is 20.6. The first-order valence-electron chi connectivity index (χ1n) is 9.16. The molecule has 1 aliphatic rings. The van der Waals surface area contributed by atoms with Crippen molar-refractivity contribution in [2.24, 2.45) is 0 Å². The summed E-state index contributed by atoms with van der Waals surface area (Å²) in [7, 11) is 6.57. The number of amides is 1. The van der Waals surface area contributed by atoms with Gasteiger partial charge in [0.2, 0.25) is 18.4 Å². The van der Waals surface area contributed by atoms with Crippen molar-refractivity contribution in [3.8, 4) is 28.7 Å². The van der Waals surface area contributed by atoms with E-state index in [-0.39, 0.29) is 19.2 Å². The van der Waals surface area contributed by atoms with Crippen molar-refractivity contribution in [2.45, 2.75) is 13.1 Å². The Hall–Kier alpha value is -3.13. The molecule has 1 heterocycles. The highest BCUT2D eigenvalue weighted by Gasteiger charge is 2.16. The molecule has 0 radical (unpaired) electrons. The third kappa shape index (κ3) is 5.03. The molecule has 0 saturated heterocycles. The minimum absolute atomic E-state index is 0.0815. The molecule has 0 aromatic heterocycles. The molecule has 0 aliphatic carbocycles. The standard InChI is InChI=1S/C21H26N2O6/c1-23(11-14-5-6-16-17(7-14)29-13-28-16)12-20(24)22-10-15-8-18(25-2)21(27-4)19(9-15)26-3/h5-9H,10-13H2,1-4H3,(H,22,24). The number of ether oxygens (including phenoxy) is 5. The maximum atomic E-state index is 12.4. The number of likely N-dealkylation sites (N-methyl/N-ethyl adjacent to an activating group) is 1. The summed E-state index contributed by atoms with van der Waals surface area (Å²) in [6.07, 6.45) is 0. The van der Waals surface area contributed by atoms with Crippen LogP contribution in [0.25, 0.3) is 0 Å². The number of benzene rings is 2. The summed E-state index contributed by atoms with van der Waals surface area (Å²) in [5.41, 5.74) is 1.90. The lowest BCUT2D eigenvalue weighted by molar-refractivity contribution is -0.122. The van der Waals surface area contributed by atoms with Crippen molar-refractivity contribution in [2.75, 3.05) is 41.7 Å². The Morgan fingerprint density at radius 2 is 1.69 bits per heavy atom. The van der Waals surface area contributed by atoms with Crippen LogP contribution in [-0.2, 0) is 17.9 Å². The topological polar surface area (TPSA) is 78.5 Å². The summed E-state index contributed by atoms with van der Waals surface area (Å²) in [4.78, 5) is 14.3. The average molecular weight is 402 g/mol. The van der Waals surface area contributed by atoms with Gasteiger partial charge in [-0.15, -0.1) is 0 Å². The fraction of sp³-hybridized carbons (Fsp3) is 0.381. The van der Waals surface area contributed by atoms with Gasteiger partial charge in [-0.05, 0) is 42.4 Å². The molecule has 1 aliphatic heterocycles. The lowest BCUT2D eigenvalue weighted by atomic mass is 10.1. The van der Waals surface area contributed by atoms with Gasteiger partial charge in [-0.2, -0.15) is 0 Å². The van der Waals surface area contributed by atoms with Crippen molar-refractivity contribution in [1.82, 2.24) is 10.2 Å². The number of carbonyl (C=O) groups excluding carboxylic acids is 1. The van der Waals surface area contributed by atoms with Crippen LogP contribution in [0.2, 0.25) is 0 Å². The quantitative estimate of drug-likeness (QED) is 0.689. The fourth-order valence-corrected chi connectivity index (χ4v) is 3.15. The van der Waals surface area contributed by atoms with Gasteiger partial charge >= 0.3 is 0 Å². The minimum atomic E-state index is -0.0815. The Balaban J connectivity index is 1.54. The van der Waals surface area contributed by atoms with Crippen LogP contribution in [0.5, 0.6) is 28.7 Å². The van der Waals surface area contributed by atoms with Gasteiger partial charge in [0.25, 0.3) is 0 Å². The number of carbonyl (C=O) groups is 1.